The van der Waals surface area contributed by atoms with Crippen molar-refractivity contribution in [2.45, 2.75) is 58.4 Å². The fraction of sp³-hybridized carbons (Fsp3) is 0.923. The van der Waals surface area contributed by atoms with E-state index < -0.39 is 5.54 Å². The molecule has 1 fully saturated rings. The van der Waals surface area contributed by atoms with Gasteiger partial charge in [0, 0.05) is 0 Å². The summed E-state index contributed by atoms with van der Waals surface area (Å²) in [5.41, 5.74) is -0.475. The maximum atomic E-state index is 12.0. The highest BCUT2D eigenvalue weighted by Crippen LogP contribution is 2.34. The molecular weight excluding hydrogens is 202 g/mol. The van der Waals surface area contributed by atoms with Crippen LogP contribution >= 0.6 is 0 Å². The van der Waals surface area contributed by atoms with Crippen molar-refractivity contribution in [3.63, 3.8) is 0 Å². The molecule has 94 valence electrons. The predicted molar refractivity (Wildman–Crippen MR) is 65.3 cm³/mol. The molecule has 0 aromatic carbocycles. The van der Waals surface area contributed by atoms with E-state index in [-0.39, 0.29) is 5.97 Å². The normalized spacial score (nSPS) is 19.9. The van der Waals surface area contributed by atoms with Crippen molar-refractivity contribution in [2.75, 3.05) is 13.2 Å². The highest BCUT2D eigenvalue weighted by molar-refractivity contribution is 5.80. The van der Waals surface area contributed by atoms with E-state index in [1.807, 2.05) is 13.8 Å². The quantitative estimate of drug-likeness (QED) is 0.679. The number of rotatable bonds is 7. The van der Waals surface area contributed by atoms with Gasteiger partial charge in [-0.25, -0.2) is 0 Å². The molecule has 1 aliphatic rings. The SMILES string of the molecule is CCCNC(C)(CC1CCC1)C(=O)OCC. The van der Waals surface area contributed by atoms with Crippen LogP contribution in [-0.2, 0) is 9.53 Å². The van der Waals surface area contributed by atoms with Gasteiger partial charge in [-0.3, -0.25) is 4.79 Å². The summed E-state index contributed by atoms with van der Waals surface area (Å²) < 4.78 is 5.17. The number of carbonyl (C=O) groups excluding carboxylic acids is 1. The zero-order chi connectivity index (χ0) is 12.0. The molecule has 1 aliphatic carbocycles. The number of ether oxygens (including phenoxy) is 1. The van der Waals surface area contributed by atoms with E-state index in [2.05, 4.69) is 12.2 Å². The second kappa shape index (κ2) is 6.24. The smallest absolute Gasteiger partial charge is 0.326 e. The third-order valence-electron chi connectivity index (χ3n) is 3.41. The van der Waals surface area contributed by atoms with Gasteiger partial charge in [0.05, 0.1) is 6.61 Å². The highest BCUT2D eigenvalue weighted by atomic mass is 16.5. The largest absolute Gasteiger partial charge is 0.465 e. The predicted octanol–water partition coefficient (Wildman–Crippen LogP) is 2.50. The van der Waals surface area contributed by atoms with Crippen LogP contribution in [0.1, 0.15) is 52.9 Å². The Morgan fingerprint density at radius 2 is 2.12 bits per heavy atom. The van der Waals surface area contributed by atoms with Crippen LogP contribution in [0.4, 0.5) is 0 Å². The number of hydrogen-bond acceptors (Lipinski definition) is 3. The van der Waals surface area contributed by atoms with E-state index in [1.54, 1.807) is 0 Å². The lowest BCUT2D eigenvalue weighted by molar-refractivity contribution is -0.151. The molecule has 0 aliphatic heterocycles. The van der Waals surface area contributed by atoms with Gasteiger partial charge in [0.25, 0.3) is 0 Å². The maximum absolute atomic E-state index is 12.0. The second-order valence-electron chi connectivity index (χ2n) is 4.98. The summed E-state index contributed by atoms with van der Waals surface area (Å²) in [4.78, 5) is 12.0. The van der Waals surface area contributed by atoms with Crippen LogP contribution in [0.2, 0.25) is 0 Å². The molecule has 0 aromatic rings. The van der Waals surface area contributed by atoms with E-state index in [0.717, 1.165) is 19.4 Å². The summed E-state index contributed by atoms with van der Waals surface area (Å²) >= 11 is 0. The van der Waals surface area contributed by atoms with Gasteiger partial charge in [-0.15, -0.1) is 0 Å². The summed E-state index contributed by atoms with van der Waals surface area (Å²) in [7, 11) is 0. The fourth-order valence-electron chi connectivity index (χ4n) is 2.19. The molecule has 0 saturated heterocycles. The second-order valence-corrected chi connectivity index (χ2v) is 4.98. The van der Waals surface area contributed by atoms with Gasteiger partial charge in [-0.05, 0) is 39.2 Å². The molecule has 0 amide bonds. The van der Waals surface area contributed by atoms with Crippen molar-refractivity contribution >= 4 is 5.97 Å². The van der Waals surface area contributed by atoms with E-state index in [9.17, 15) is 4.79 Å². The number of nitrogens with one attached hydrogen (secondary N) is 1. The molecule has 0 spiro atoms. The standard InChI is InChI=1S/C13H25NO2/c1-4-9-14-13(3,12(15)16-5-2)10-11-7-6-8-11/h11,14H,4-10H2,1-3H3. The van der Waals surface area contributed by atoms with E-state index >= 15 is 0 Å². The van der Waals surface area contributed by atoms with Crippen molar-refractivity contribution in [1.82, 2.24) is 5.32 Å². The van der Waals surface area contributed by atoms with Crippen LogP contribution in [0.25, 0.3) is 0 Å². The molecule has 1 unspecified atom stereocenters. The molecular formula is C13H25NO2. The Bertz CT molecular complexity index is 226. The first-order valence-electron chi connectivity index (χ1n) is 6.54. The van der Waals surface area contributed by atoms with E-state index in [0.29, 0.717) is 12.5 Å². The topological polar surface area (TPSA) is 38.3 Å². The summed E-state index contributed by atoms with van der Waals surface area (Å²) in [5.74, 6) is 0.620. The van der Waals surface area contributed by atoms with Crippen LogP contribution in [0.3, 0.4) is 0 Å². The Morgan fingerprint density at radius 3 is 2.56 bits per heavy atom. The Kier molecular flexibility index (Phi) is 5.26. The Balaban J connectivity index is 2.53. The van der Waals surface area contributed by atoms with Gasteiger partial charge < -0.3 is 10.1 Å². The fourth-order valence-corrected chi connectivity index (χ4v) is 2.19. The van der Waals surface area contributed by atoms with Crippen molar-refractivity contribution in [3.05, 3.63) is 0 Å². The monoisotopic (exact) mass is 227 g/mol. The zero-order valence-electron chi connectivity index (χ0n) is 10.8. The molecule has 1 rings (SSSR count). The Labute approximate surface area is 98.9 Å². The van der Waals surface area contributed by atoms with Gasteiger partial charge in [0.1, 0.15) is 5.54 Å². The van der Waals surface area contributed by atoms with Gasteiger partial charge >= 0.3 is 5.97 Å². The van der Waals surface area contributed by atoms with E-state index in [4.69, 9.17) is 4.74 Å². The molecule has 3 nitrogen and oxygen atoms in total. The molecule has 3 heteroatoms. The lowest BCUT2D eigenvalue weighted by Gasteiger charge is -2.36. The minimum absolute atomic E-state index is 0.0876. The van der Waals surface area contributed by atoms with Crippen LogP contribution in [0, 0.1) is 5.92 Å². The molecule has 0 aromatic heterocycles. The van der Waals surface area contributed by atoms with Crippen molar-refractivity contribution in [2.24, 2.45) is 5.92 Å². The lowest BCUT2D eigenvalue weighted by atomic mass is 9.76. The molecule has 1 N–H and O–H groups in total. The number of hydrogen-bond donors (Lipinski definition) is 1. The summed E-state index contributed by atoms with van der Waals surface area (Å²) in [6, 6.07) is 0. The van der Waals surface area contributed by atoms with Crippen molar-refractivity contribution in [3.8, 4) is 0 Å². The van der Waals surface area contributed by atoms with Crippen molar-refractivity contribution < 1.29 is 9.53 Å². The maximum Gasteiger partial charge on any atom is 0.326 e. The molecule has 1 atom stereocenters. The first-order valence-corrected chi connectivity index (χ1v) is 6.54. The lowest BCUT2D eigenvalue weighted by Crippen LogP contribution is -2.52. The highest BCUT2D eigenvalue weighted by Gasteiger charge is 2.37. The minimum Gasteiger partial charge on any atom is -0.465 e. The number of carbonyl (C=O) groups is 1. The molecule has 0 bridgehead atoms. The molecule has 0 radical (unpaired) electrons. The van der Waals surface area contributed by atoms with Gasteiger partial charge in [-0.2, -0.15) is 0 Å². The molecule has 0 heterocycles. The number of esters is 1. The van der Waals surface area contributed by atoms with Gasteiger partial charge in [-0.1, -0.05) is 26.2 Å². The summed E-state index contributed by atoms with van der Waals surface area (Å²) in [5, 5.41) is 3.35. The third-order valence-corrected chi connectivity index (χ3v) is 3.41. The van der Waals surface area contributed by atoms with Crippen LogP contribution < -0.4 is 5.32 Å². The average Bonchev–Trinajstić information content (AvgIpc) is 2.21. The third kappa shape index (κ3) is 3.48. The van der Waals surface area contributed by atoms with Crippen molar-refractivity contribution in [1.29, 1.82) is 0 Å². The Morgan fingerprint density at radius 1 is 1.44 bits per heavy atom. The summed E-state index contributed by atoms with van der Waals surface area (Å²) in [6.45, 7) is 7.30. The average molecular weight is 227 g/mol. The Hall–Kier alpha value is -0.570. The summed E-state index contributed by atoms with van der Waals surface area (Å²) in [6.07, 6.45) is 5.81. The molecule has 1 saturated carbocycles. The van der Waals surface area contributed by atoms with Gasteiger partial charge in [0.15, 0.2) is 0 Å². The zero-order valence-corrected chi connectivity index (χ0v) is 10.8. The minimum atomic E-state index is -0.475. The van der Waals surface area contributed by atoms with Gasteiger partial charge in [0.2, 0.25) is 0 Å². The van der Waals surface area contributed by atoms with Crippen LogP contribution in [-0.4, -0.2) is 24.7 Å². The van der Waals surface area contributed by atoms with Crippen LogP contribution in [0.5, 0.6) is 0 Å². The first kappa shape index (κ1) is 13.5. The van der Waals surface area contributed by atoms with E-state index in [1.165, 1.54) is 19.3 Å². The van der Waals surface area contributed by atoms with Crippen LogP contribution in [0.15, 0.2) is 0 Å². The molecule has 16 heavy (non-hydrogen) atoms. The first-order chi connectivity index (χ1) is 7.62.